The van der Waals surface area contributed by atoms with Gasteiger partial charge < -0.3 is 4.98 Å². The number of pyridine rings is 1. The summed E-state index contributed by atoms with van der Waals surface area (Å²) in [6.07, 6.45) is 0. The molecule has 0 saturated carbocycles. The number of carbonyl (C=O) groups is 1. The van der Waals surface area contributed by atoms with Crippen LogP contribution in [0.15, 0.2) is 46.1 Å². The molecule has 118 valence electrons. The molecule has 0 aliphatic rings. The van der Waals surface area contributed by atoms with Crippen LogP contribution in [0.2, 0.25) is 0 Å². The van der Waals surface area contributed by atoms with Crippen LogP contribution in [0.5, 0.6) is 0 Å². The summed E-state index contributed by atoms with van der Waals surface area (Å²) in [6, 6.07) is 10.2. The van der Waals surface area contributed by atoms with E-state index in [0.717, 1.165) is 6.07 Å². The Morgan fingerprint density at radius 2 is 1.96 bits per heavy atom. The number of nitrogens with zero attached hydrogens (tertiary/aromatic N) is 1. The van der Waals surface area contributed by atoms with Gasteiger partial charge in [0.05, 0.1) is 4.90 Å². The van der Waals surface area contributed by atoms with Crippen LogP contribution in [0.1, 0.15) is 21.6 Å². The first-order valence-corrected chi connectivity index (χ1v) is 7.87. The Bertz CT molecular complexity index is 940. The van der Waals surface area contributed by atoms with Crippen molar-refractivity contribution in [2.75, 3.05) is 6.61 Å². The highest BCUT2D eigenvalue weighted by molar-refractivity contribution is 7.86. The number of H-pyrrole nitrogens is 1. The van der Waals surface area contributed by atoms with Gasteiger partial charge in [0.1, 0.15) is 18.2 Å². The molecule has 23 heavy (non-hydrogen) atoms. The highest BCUT2D eigenvalue weighted by atomic mass is 32.2. The van der Waals surface area contributed by atoms with Gasteiger partial charge in [-0.1, -0.05) is 18.2 Å². The third-order valence-electron chi connectivity index (χ3n) is 3.04. The van der Waals surface area contributed by atoms with Gasteiger partial charge in [0.25, 0.3) is 15.7 Å². The summed E-state index contributed by atoms with van der Waals surface area (Å²) >= 11 is 0. The number of nitrogens with one attached hydrogen (secondary N) is 1. The molecule has 0 fully saturated rings. The second kappa shape index (κ2) is 6.56. The highest BCUT2D eigenvalue weighted by Crippen LogP contribution is 2.13. The van der Waals surface area contributed by atoms with Crippen LogP contribution < -0.4 is 5.56 Å². The maximum absolute atomic E-state index is 12.1. The summed E-state index contributed by atoms with van der Waals surface area (Å²) in [5, 5.41) is 8.81. The lowest BCUT2D eigenvalue weighted by Crippen LogP contribution is -2.20. The van der Waals surface area contributed by atoms with Gasteiger partial charge in [0.15, 0.2) is 5.78 Å². The van der Waals surface area contributed by atoms with E-state index in [1.807, 2.05) is 0 Å². The number of hydrogen-bond acceptors (Lipinski definition) is 6. The van der Waals surface area contributed by atoms with Gasteiger partial charge in [-0.05, 0) is 25.1 Å². The predicted octanol–water partition coefficient (Wildman–Crippen LogP) is 1.14. The molecule has 0 saturated heterocycles. The first kappa shape index (κ1) is 16.6. The maximum atomic E-state index is 12.1. The van der Waals surface area contributed by atoms with E-state index in [2.05, 4.69) is 4.98 Å². The Morgan fingerprint density at radius 1 is 1.30 bits per heavy atom. The van der Waals surface area contributed by atoms with Crippen LogP contribution in [0.3, 0.4) is 0 Å². The molecule has 0 unspecified atom stereocenters. The number of aryl methyl sites for hydroxylation is 1. The number of Topliss-reactive ketones (excluding diaryl/α,β-unsaturated/α-hetero) is 1. The lowest BCUT2D eigenvalue weighted by atomic mass is 10.1. The molecule has 1 heterocycles. The molecule has 8 heteroatoms. The van der Waals surface area contributed by atoms with Gasteiger partial charge in [0.2, 0.25) is 0 Å². The van der Waals surface area contributed by atoms with Crippen molar-refractivity contribution in [1.82, 2.24) is 4.98 Å². The summed E-state index contributed by atoms with van der Waals surface area (Å²) in [4.78, 5) is 25.8. The van der Waals surface area contributed by atoms with Gasteiger partial charge in [-0.2, -0.15) is 13.7 Å². The third-order valence-corrected chi connectivity index (χ3v) is 4.31. The van der Waals surface area contributed by atoms with Crippen molar-refractivity contribution >= 4 is 15.9 Å². The number of benzene rings is 1. The lowest BCUT2D eigenvalue weighted by Gasteiger charge is -2.07. The fourth-order valence-corrected chi connectivity index (χ4v) is 2.75. The smallest absolute Gasteiger partial charge is 0.297 e. The first-order valence-electron chi connectivity index (χ1n) is 6.47. The zero-order valence-corrected chi connectivity index (χ0v) is 12.9. The van der Waals surface area contributed by atoms with E-state index < -0.39 is 28.1 Å². The standard InChI is InChI=1S/C15H12N2O5S/c1-10-13(7-11(8-16)15(19)17-10)14(18)9-22-23(20,21)12-5-3-2-4-6-12/h2-7H,9H2,1H3,(H,17,19). The van der Waals surface area contributed by atoms with Crippen molar-refractivity contribution in [3.8, 4) is 6.07 Å². The first-order chi connectivity index (χ1) is 10.8. The van der Waals surface area contributed by atoms with E-state index in [9.17, 15) is 18.0 Å². The lowest BCUT2D eigenvalue weighted by molar-refractivity contribution is 0.0923. The second-order valence-electron chi connectivity index (χ2n) is 4.62. The van der Waals surface area contributed by atoms with Crippen molar-refractivity contribution in [3.63, 3.8) is 0 Å². The number of aromatic amines is 1. The van der Waals surface area contributed by atoms with Crippen LogP contribution >= 0.6 is 0 Å². The molecular formula is C15H12N2O5S. The molecule has 2 rings (SSSR count). The Morgan fingerprint density at radius 3 is 2.57 bits per heavy atom. The molecule has 1 aromatic carbocycles. The summed E-state index contributed by atoms with van der Waals surface area (Å²) in [6.45, 7) is 0.746. The normalized spacial score (nSPS) is 11.0. The predicted molar refractivity (Wildman–Crippen MR) is 80.4 cm³/mol. The number of rotatable bonds is 5. The molecule has 0 bridgehead atoms. The summed E-state index contributed by atoms with van der Waals surface area (Å²) < 4.78 is 28.6. The van der Waals surface area contributed by atoms with Gasteiger partial charge in [-0.3, -0.25) is 13.8 Å². The van der Waals surface area contributed by atoms with E-state index in [0.29, 0.717) is 0 Å². The van der Waals surface area contributed by atoms with Gasteiger partial charge in [0, 0.05) is 11.3 Å². The minimum atomic E-state index is -4.06. The minimum absolute atomic E-state index is 0.0319. The molecule has 2 aromatic rings. The number of carbonyl (C=O) groups excluding carboxylic acids is 1. The largest absolute Gasteiger partial charge is 0.325 e. The summed E-state index contributed by atoms with van der Waals surface area (Å²) in [7, 11) is -4.06. The molecule has 0 atom stereocenters. The fourth-order valence-electron chi connectivity index (χ4n) is 1.86. The molecule has 0 radical (unpaired) electrons. The van der Waals surface area contributed by atoms with Crippen LogP contribution in [-0.2, 0) is 14.3 Å². The molecule has 1 N–H and O–H groups in total. The molecule has 0 amide bonds. The number of ketones is 1. The molecule has 7 nitrogen and oxygen atoms in total. The quantitative estimate of drug-likeness (QED) is 0.648. The fraction of sp³-hybridized carbons (Fsp3) is 0.133. The van der Waals surface area contributed by atoms with Crippen molar-refractivity contribution in [3.05, 3.63) is 63.6 Å². The van der Waals surface area contributed by atoms with Crippen LogP contribution in [-0.4, -0.2) is 25.8 Å². The van der Waals surface area contributed by atoms with Crippen molar-refractivity contribution in [1.29, 1.82) is 5.26 Å². The van der Waals surface area contributed by atoms with E-state index in [1.54, 1.807) is 12.1 Å². The minimum Gasteiger partial charge on any atom is -0.325 e. The Kier molecular flexibility index (Phi) is 4.74. The van der Waals surface area contributed by atoms with Crippen LogP contribution in [0.4, 0.5) is 0 Å². The zero-order chi connectivity index (χ0) is 17.0. The summed E-state index contributed by atoms with van der Waals surface area (Å²) in [5.74, 6) is -0.658. The molecule has 0 spiro atoms. The van der Waals surface area contributed by atoms with Gasteiger partial charge in [-0.15, -0.1) is 0 Å². The molecular weight excluding hydrogens is 320 g/mol. The number of nitriles is 1. The zero-order valence-electron chi connectivity index (χ0n) is 12.1. The number of hydrogen-bond donors (Lipinski definition) is 1. The van der Waals surface area contributed by atoms with Crippen molar-refractivity contribution < 1.29 is 17.4 Å². The summed E-state index contributed by atoms with van der Waals surface area (Å²) in [5.41, 5.74) is -0.576. The Hall–Kier alpha value is -2.76. The SMILES string of the molecule is Cc1[nH]c(=O)c(C#N)cc1C(=O)COS(=O)(=O)c1ccccc1. The topological polar surface area (TPSA) is 117 Å². The average Bonchev–Trinajstić information content (AvgIpc) is 2.54. The Balaban J connectivity index is 2.21. The maximum Gasteiger partial charge on any atom is 0.297 e. The molecule has 1 aromatic heterocycles. The second-order valence-corrected chi connectivity index (χ2v) is 6.23. The number of aromatic nitrogens is 1. The molecule has 0 aliphatic carbocycles. The molecule has 0 aliphatic heterocycles. The van der Waals surface area contributed by atoms with Gasteiger partial charge in [-0.25, -0.2) is 0 Å². The van der Waals surface area contributed by atoms with Crippen LogP contribution in [0.25, 0.3) is 0 Å². The monoisotopic (exact) mass is 332 g/mol. The third kappa shape index (κ3) is 3.71. The van der Waals surface area contributed by atoms with Gasteiger partial charge >= 0.3 is 0 Å². The van der Waals surface area contributed by atoms with E-state index >= 15 is 0 Å². The van der Waals surface area contributed by atoms with E-state index in [4.69, 9.17) is 9.44 Å². The van der Waals surface area contributed by atoms with Crippen LogP contribution in [0, 0.1) is 18.3 Å². The van der Waals surface area contributed by atoms with Crippen molar-refractivity contribution in [2.24, 2.45) is 0 Å². The average molecular weight is 332 g/mol. The van der Waals surface area contributed by atoms with E-state index in [1.165, 1.54) is 31.2 Å². The van der Waals surface area contributed by atoms with E-state index in [-0.39, 0.29) is 21.7 Å². The Labute approximate surface area is 132 Å². The van der Waals surface area contributed by atoms with Crippen molar-refractivity contribution in [2.45, 2.75) is 11.8 Å². The highest BCUT2D eigenvalue weighted by Gasteiger charge is 2.19.